The summed E-state index contributed by atoms with van der Waals surface area (Å²) in [7, 11) is 0. The standard InChI is InChI=1S/C16H16O2/c1-11-8-9-12(2)16(13(11)3)18-15-7-5-4-6-14(15)10-17/h4-10H,1-3H3. The molecule has 0 bridgehead atoms. The monoisotopic (exact) mass is 240 g/mol. The first kappa shape index (κ1) is 12.4. The van der Waals surface area contributed by atoms with Crippen molar-refractivity contribution in [2.45, 2.75) is 20.8 Å². The zero-order valence-electron chi connectivity index (χ0n) is 10.9. The maximum Gasteiger partial charge on any atom is 0.153 e. The number of hydrogen-bond donors (Lipinski definition) is 0. The van der Waals surface area contributed by atoms with E-state index in [1.54, 1.807) is 6.07 Å². The molecule has 2 aromatic rings. The molecule has 2 aromatic carbocycles. The average molecular weight is 240 g/mol. The number of aldehydes is 1. The molecule has 18 heavy (non-hydrogen) atoms. The number of rotatable bonds is 3. The molecule has 0 saturated heterocycles. The molecule has 92 valence electrons. The van der Waals surface area contributed by atoms with Gasteiger partial charge < -0.3 is 4.74 Å². The van der Waals surface area contributed by atoms with Crippen LogP contribution in [0.4, 0.5) is 0 Å². The Labute approximate surface area is 107 Å². The highest BCUT2D eigenvalue weighted by Gasteiger charge is 2.09. The fraction of sp³-hybridized carbons (Fsp3) is 0.188. The lowest BCUT2D eigenvalue weighted by Gasteiger charge is -2.14. The number of aryl methyl sites for hydroxylation is 2. The topological polar surface area (TPSA) is 26.3 Å². The Morgan fingerprint density at radius 3 is 2.33 bits per heavy atom. The number of carbonyl (C=O) groups is 1. The summed E-state index contributed by atoms with van der Waals surface area (Å²) in [5, 5.41) is 0. The van der Waals surface area contributed by atoms with Crippen molar-refractivity contribution < 1.29 is 9.53 Å². The molecule has 0 aromatic heterocycles. The van der Waals surface area contributed by atoms with Crippen LogP contribution in [-0.4, -0.2) is 6.29 Å². The second-order valence-electron chi connectivity index (χ2n) is 4.41. The third-order valence-corrected chi connectivity index (χ3v) is 3.13. The summed E-state index contributed by atoms with van der Waals surface area (Å²) < 4.78 is 5.91. The summed E-state index contributed by atoms with van der Waals surface area (Å²) >= 11 is 0. The highest BCUT2D eigenvalue weighted by Crippen LogP contribution is 2.31. The summed E-state index contributed by atoms with van der Waals surface area (Å²) in [6.45, 7) is 6.08. The Morgan fingerprint density at radius 1 is 0.944 bits per heavy atom. The minimum absolute atomic E-state index is 0.567. The van der Waals surface area contributed by atoms with Gasteiger partial charge in [-0.05, 0) is 49.6 Å². The highest BCUT2D eigenvalue weighted by molar-refractivity contribution is 5.79. The molecule has 0 aliphatic rings. The van der Waals surface area contributed by atoms with Gasteiger partial charge >= 0.3 is 0 Å². The van der Waals surface area contributed by atoms with E-state index in [1.165, 1.54) is 5.56 Å². The van der Waals surface area contributed by atoms with Gasteiger partial charge in [0.2, 0.25) is 0 Å². The molecular formula is C16H16O2. The SMILES string of the molecule is Cc1ccc(C)c(Oc2ccccc2C=O)c1C. The summed E-state index contributed by atoms with van der Waals surface area (Å²) in [6.07, 6.45) is 0.815. The van der Waals surface area contributed by atoms with Crippen molar-refractivity contribution in [3.05, 3.63) is 58.7 Å². The first-order chi connectivity index (χ1) is 8.63. The fourth-order valence-electron chi connectivity index (χ4n) is 1.86. The minimum Gasteiger partial charge on any atom is -0.456 e. The molecule has 0 amide bonds. The molecular weight excluding hydrogens is 224 g/mol. The molecule has 2 rings (SSSR count). The average Bonchev–Trinajstić information content (AvgIpc) is 2.39. The molecule has 0 unspecified atom stereocenters. The van der Waals surface area contributed by atoms with Crippen molar-refractivity contribution in [1.29, 1.82) is 0 Å². The van der Waals surface area contributed by atoms with Crippen LogP contribution in [0.2, 0.25) is 0 Å². The molecule has 0 fully saturated rings. The van der Waals surface area contributed by atoms with Crippen molar-refractivity contribution >= 4 is 6.29 Å². The minimum atomic E-state index is 0.567. The van der Waals surface area contributed by atoms with Gasteiger partial charge in [-0.3, -0.25) is 4.79 Å². The molecule has 2 nitrogen and oxygen atoms in total. The Morgan fingerprint density at radius 2 is 1.61 bits per heavy atom. The van der Waals surface area contributed by atoms with Gasteiger partial charge in [0.15, 0.2) is 6.29 Å². The van der Waals surface area contributed by atoms with Gasteiger partial charge in [-0.25, -0.2) is 0 Å². The van der Waals surface area contributed by atoms with E-state index < -0.39 is 0 Å². The van der Waals surface area contributed by atoms with Gasteiger partial charge in [0, 0.05) is 0 Å². The lowest BCUT2D eigenvalue weighted by atomic mass is 10.1. The van der Waals surface area contributed by atoms with Crippen molar-refractivity contribution in [3.8, 4) is 11.5 Å². The van der Waals surface area contributed by atoms with Crippen LogP contribution < -0.4 is 4.74 Å². The lowest BCUT2D eigenvalue weighted by molar-refractivity contribution is 0.112. The van der Waals surface area contributed by atoms with E-state index in [4.69, 9.17) is 4.74 Å². The van der Waals surface area contributed by atoms with Gasteiger partial charge in [0.05, 0.1) is 5.56 Å². The van der Waals surface area contributed by atoms with Crippen LogP contribution >= 0.6 is 0 Å². The Kier molecular flexibility index (Phi) is 3.47. The smallest absolute Gasteiger partial charge is 0.153 e. The number of para-hydroxylation sites is 1. The highest BCUT2D eigenvalue weighted by atomic mass is 16.5. The van der Waals surface area contributed by atoms with Crippen LogP contribution in [0.3, 0.4) is 0 Å². The molecule has 0 atom stereocenters. The third-order valence-electron chi connectivity index (χ3n) is 3.13. The van der Waals surface area contributed by atoms with Gasteiger partial charge in [-0.1, -0.05) is 24.3 Å². The molecule has 2 heteroatoms. The first-order valence-corrected chi connectivity index (χ1v) is 5.92. The quantitative estimate of drug-likeness (QED) is 0.751. The number of carbonyl (C=O) groups excluding carboxylic acids is 1. The van der Waals surface area contributed by atoms with Crippen molar-refractivity contribution in [1.82, 2.24) is 0 Å². The largest absolute Gasteiger partial charge is 0.456 e. The zero-order valence-corrected chi connectivity index (χ0v) is 10.9. The van der Waals surface area contributed by atoms with Crippen molar-refractivity contribution in [2.24, 2.45) is 0 Å². The second kappa shape index (κ2) is 5.05. The maximum absolute atomic E-state index is 11.0. The summed E-state index contributed by atoms with van der Waals surface area (Å²) in [5.74, 6) is 1.44. The second-order valence-corrected chi connectivity index (χ2v) is 4.41. The molecule has 0 heterocycles. The van der Waals surface area contributed by atoms with E-state index in [0.29, 0.717) is 11.3 Å². The summed E-state index contributed by atoms with van der Waals surface area (Å²) in [5.41, 5.74) is 3.92. The molecule has 0 aliphatic heterocycles. The molecule has 0 spiro atoms. The van der Waals surface area contributed by atoms with E-state index >= 15 is 0 Å². The van der Waals surface area contributed by atoms with Crippen LogP contribution in [0.5, 0.6) is 11.5 Å². The number of benzene rings is 2. The summed E-state index contributed by atoms with van der Waals surface area (Å²) in [6, 6.07) is 11.4. The van der Waals surface area contributed by atoms with Crippen LogP contribution in [0, 0.1) is 20.8 Å². The normalized spacial score (nSPS) is 10.2. The van der Waals surface area contributed by atoms with Crippen LogP contribution in [-0.2, 0) is 0 Å². The summed E-state index contributed by atoms with van der Waals surface area (Å²) in [4.78, 5) is 11.0. The Balaban J connectivity index is 2.46. The number of ether oxygens (including phenoxy) is 1. The van der Waals surface area contributed by atoms with E-state index in [1.807, 2.05) is 45.0 Å². The van der Waals surface area contributed by atoms with Gasteiger partial charge in [0.1, 0.15) is 11.5 Å². The van der Waals surface area contributed by atoms with Crippen LogP contribution in [0.1, 0.15) is 27.0 Å². The van der Waals surface area contributed by atoms with Crippen LogP contribution in [0.25, 0.3) is 0 Å². The predicted molar refractivity (Wildman–Crippen MR) is 72.6 cm³/mol. The third kappa shape index (κ3) is 2.28. The van der Waals surface area contributed by atoms with E-state index in [2.05, 4.69) is 6.07 Å². The van der Waals surface area contributed by atoms with Crippen molar-refractivity contribution in [2.75, 3.05) is 0 Å². The lowest BCUT2D eigenvalue weighted by Crippen LogP contribution is -1.95. The van der Waals surface area contributed by atoms with E-state index in [0.717, 1.165) is 23.2 Å². The van der Waals surface area contributed by atoms with Crippen LogP contribution in [0.15, 0.2) is 36.4 Å². The van der Waals surface area contributed by atoms with Crippen molar-refractivity contribution in [3.63, 3.8) is 0 Å². The van der Waals surface area contributed by atoms with Gasteiger partial charge in [-0.15, -0.1) is 0 Å². The van der Waals surface area contributed by atoms with Gasteiger partial charge in [-0.2, -0.15) is 0 Å². The molecule has 0 aliphatic carbocycles. The first-order valence-electron chi connectivity index (χ1n) is 5.92. The molecule has 0 N–H and O–H groups in total. The predicted octanol–water partition coefficient (Wildman–Crippen LogP) is 4.22. The molecule has 0 saturated carbocycles. The number of hydrogen-bond acceptors (Lipinski definition) is 2. The Bertz CT molecular complexity index is 586. The van der Waals surface area contributed by atoms with E-state index in [9.17, 15) is 4.79 Å². The Hall–Kier alpha value is -2.09. The maximum atomic E-state index is 11.0. The van der Waals surface area contributed by atoms with E-state index in [-0.39, 0.29) is 0 Å². The zero-order chi connectivity index (χ0) is 13.1. The van der Waals surface area contributed by atoms with Gasteiger partial charge in [0.25, 0.3) is 0 Å². The fourth-order valence-corrected chi connectivity index (χ4v) is 1.86. The molecule has 0 radical (unpaired) electrons.